The molecule has 0 aromatic heterocycles. The second-order valence-electron chi connectivity index (χ2n) is 4.90. The normalized spacial score (nSPS) is 17.3. The van der Waals surface area contributed by atoms with E-state index in [0.29, 0.717) is 5.56 Å². The van der Waals surface area contributed by atoms with Crippen LogP contribution in [0.4, 0.5) is 13.2 Å². The smallest absolute Gasteiger partial charge is 0.388 e. The quantitative estimate of drug-likeness (QED) is 0.870. The van der Waals surface area contributed by atoms with Gasteiger partial charge in [0.05, 0.1) is 6.10 Å². The van der Waals surface area contributed by atoms with Crippen molar-refractivity contribution in [1.29, 1.82) is 0 Å². The van der Waals surface area contributed by atoms with E-state index < -0.39 is 18.7 Å². The molecule has 0 fully saturated rings. The first-order chi connectivity index (χ1) is 8.46. The maximum atomic E-state index is 12.1. The highest BCUT2D eigenvalue weighted by Crippen LogP contribution is 2.30. The molecule has 0 amide bonds. The molecule has 1 aliphatic carbocycles. The van der Waals surface area contributed by atoms with Crippen molar-refractivity contribution in [3.05, 3.63) is 34.9 Å². The summed E-state index contributed by atoms with van der Waals surface area (Å²) >= 11 is 0. The predicted octanol–water partition coefficient (Wildman–Crippen LogP) is 3.94. The van der Waals surface area contributed by atoms with Gasteiger partial charge in [0, 0.05) is 6.42 Å². The van der Waals surface area contributed by atoms with E-state index in [1.807, 2.05) is 12.1 Å². The van der Waals surface area contributed by atoms with E-state index in [9.17, 15) is 18.3 Å². The SMILES string of the molecule is OC(CCC(F)(F)F)c1ccc2c(c1)CCCC2. The monoisotopic (exact) mass is 258 g/mol. The molecular weight excluding hydrogens is 241 g/mol. The van der Waals surface area contributed by atoms with Gasteiger partial charge < -0.3 is 5.11 Å². The first-order valence-electron chi connectivity index (χ1n) is 6.32. The molecule has 2 rings (SSSR count). The van der Waals surface area contributed by atoms with E-state index in [-0.39, 0.29) is 6.42 Å². The molecule has 1 aromatic carbocycles. The fraction of sp³-hybridized carbons (Fsp3) is 0.571. The van der Waals surface area contributed by atoms with Crippen molar-refractivity contribution in [2.45, 2.75) is 50.8 Å². The van der Waals surface area contributed by atoms with Crippen LogP contribution in [-0.4, -0.2) is 11.3 Å². The number of hydrogen-bond donors (Lipinski definition) is 1. The predicted molar refractivity (Wildman–Crippen MR) is 63.3 cm³/mol. The fourth-order valence-corrected chi connectivity index (χ4v) is 2.43. The minimum atomic E-state index is -4.20. The highest BCUT2D eigenvalue weighted by Gasteiger charge is 2.28. The Bertz CT molecular complexity index is 412. The molecule has 1 atom stereocenters. The molecule has 0 bridgehead atoms. The number of hydrogen-bond acceptors (Lipinski definition) is 1. The molecule has 1 nitrogen and oxygen atoms in total. The number of aryl methyl sites for hydroxylation is 2. The Morgan fingerprint density at radius 3 is 2.44 bits per heavy atom. The van der Waals surface area contributed by atoms with E-state index in [1.165, 1.54) is 17.5 Å². The molecule has 0 spiro atoms. The Balaban J connectivity index is 2.04. The molecule has 0 saturated carbocycles. The molecule has 0 radical (unpaired) electrons. The van der Waals surface area contributed by atoms with Crippen LogP contribution in [0, 0.1) is 0 Å². The van der Waals surface area contributed by atoms with Gasteiger partial charge >= 0.3 is 6.18 Å². The van der Waals surface area contributed by atoms with Crippen LogP contribution in [0.25, 0.3) is 0 Å². The van der Waals surface area contributed by atoms with E-state index in [2.05, 4.69) is 0 Å². The largest absolute Gasteiger partial charge is 0.389 e. The average molecular weight is 258 g/mol. The van der Waals surface area contributed by atoms with Crippen LogP contribution in [0.5, 0.6) is 0 Å². The van der Waals surface area contributed by atoms with Gasteiger partial charge in [0.25, 0.3) is 0 Å². The summed E-state index contributed by atoms with van der Waals surface area (Å²) in [6.45, 7) is 0. The fourth-order valence-electron chi connectivity index (χ4n) is 2.43. The van der Waals surface area contributed by atoms with Crippen molar-refractivity contribution in [1.82, 2.24) is 0 Å². The topological polar surface area (TPSA) is 20.2 Å². The molecule has 0 saturated heterocycles. The van der Waals surface area contributed by atoms with E-state index >= 15 is 0 Å². The lowest BCUT2D eigenvalue weighted by Crippen LogP contribution is -2.11. The summed E-state index contributed by atoms with van der Waals surface area (Å²) in [5.41, 5.74) is 3.07. The lowest BCUT2D eigenvalue weighted by atomic mass is 9.89. The van der Waals surface area contributed by atoms with Gasteiger partial charge in [-0.25, -0.2) is 0 Å². The zero-order valence-electron chi connectivity index (χ0n) is 10.1. The van der Waals surface area contributed by atoms with Crippen molar-refractivity contribution in [3.8, 4) is 0 Å². The Kier molecular flexibility index (Phi) is 3.95. The van der Waals surface area contributed by atoms with Gasteiger partial charge in [-0.3, -0.25) is 0 Å². The van der Waals surface area contributed by atoms with Gasteiger partial charge in [0.2, 0.25) is 0 Å². The van der Waals surface area contributed by atoms with Crippen LogP contribution in [-0.2, 0) is 12.8 Å². The molecule has 1 aromatic rings. The molecule has 1 aliphatic rings. The van der Waals surface area contributed by atoms with Gasteiger partial charge in [0.15, 0.2) is 0 Å². The number of benzene rings is 1. The number of rotatable bonds is 3. The molecule has 100 valence electrons. The van der Waals surface area contributed by atoms with E-state index in [4.69, 9.17) is 0 Å². The third-order valence-electron chi connectivity index (χ3n) is 3.46. The van der Waals surface area contributed by atoms with Gasteiger partial charge in [-0.1, -0.05) is 18.2 Å². The van der Waals surface area contributed by atoms with Gasteiger partial charge in [-0.2, -0.15) is 13.2 Å². The van der Waals surface area contributed by atoms with Crippen molar-refractivity contribution in [2.24, 2.45) is 0 Å². The van der Waals surface area contributed by atoms with Gasteiger partial charge in [-0.05, 0) is 48.8 Å². The first-order valence-corrected chi connectivity index (χ1v) is 6.32. The first kappa shape index (κ1) is 13.4. The summed E-state index contributed by atoms with van der Waals surface area (Å²) in [6, 6.07) is 5.57. The maximum absolute atomic E-state index is 12.1. The minimum Gasteiger partial charge on any atom is -0.388 e. The van der Waals surface area contributed by atoms with Crippen LogP contribution >= 0.6 is 0 Å². The molecule has 18 heavy (non-hydrogen) atoms. The number of halogens is 3. The lowest BCUT2D eigenvalue weighted by Gasteiger charge is -2.19. The summed E-state index contributed by atoms with van der Waals surface area (Å²) in [7, 11) is 0. The highest BCUT2D eigenvalue weighted by atomic mass is 19.4. The highest BCUT2D eigenvalue weighted by molar-refractivity contribution is 5.34. The van der Waals surface area contributed by atoms with Crippen molar-refractivity contribution in [3.63, 3.8) is 0 Å². The summed E-state index contributed by atoms with van der Waals surface area (Å²) in [6.07, 6.45) is -2.12. The number of aliphatic hydroxyl groups excluding tert-OH is 1. The number of alkyl halides is 3. The molecule has 1 N–H and O–H groups in total. The van der Waals surface area contributed by atoms with Gasteiger partial charge in [0.1, 0.15) is 0 Å². The Labute approximate surface area is 105 Å². The molecule has 1 unspecified atom stereocenters. The molecular formula is C14H17F3O. The van der Waals surface area contributed by atoms with Gasteiger partial charge in [-0.15, -0.1) is 0 Å². The van der Waals surface area contributed by atoms with Crippen LogP contribution in [0.3, 0.4) is 0 Å². The zero-order chi connectivity index (χ0) is 13.2. The molecule has 0 heterocycles. The maximum Gasteiger partial charge on any atom is 0.389 e. The minimum absolute atomic E-state index is 0.262. The lowest BCUT2D eigenvalue weighted by molar-refractivity contribution is -0.140. The van der Waals surface area contributed by atoms with Crippen LogP contribution in [0.2, 0.25) is 0 Å². The van der Waals surface area contributed by atoms with Crippen LogP contribution in [0.15, 0.2) is 18.2 Å². The van der Waals surface area contributed by atoms with Crippen molar-refractivity contribution >= 4 is 0 Å². The average Bonchev–Trinajstić information content (AvgIpc) is 2.34. The Morgan fingerprint density at radius 1 is 1.11 bits per heavy atom. The van der Waals surface area contributed by atoms with Crippen molar-refractivity contribution in [2.75, 3.05) is 0 Å². The Morgan fingerprint density at radius 2 is 1.78 bits per heavy atom. The Hall–Kier alpha value is -1.03. The van der Waals surface area contributed by atoms with E-state index in [0.717, 1.165) is 19.3 Å². The second kappa shape index (κ2) is 5.31. The third kappa shape index (κ3) is 3.48. The standard InChI is InChI=1S/C14H17F3O/c15-14(16,17)8-7-13(18)12-6-5-10-3-1-2-4-11(10)9-12/h5-6,9,13,18H,1-4,7-8H2. The molecule has 0 aliphatic heterocycles. The summed E-state index contributed by atoms with van der Waals surface area (Å²) in [5, 5.41) is 9.79. The number of fused-ring (bicyclic) bond motifs is 1. The zero-order valence-corrected chi connectivity index (χ0v) is 10.1. The summed E-state index contributed by atoms with van der Waals surface area (Å²) in [5.74, 6) is 0. The van der Waals surface area contributed by atoms with Crippen LogP contribution < -0.4 is 0 Å². The van der Waals surface area contributed by atoms with Crippen LogP contribution in [0.1, 0.15) is 48.5 Å². The number of aliphatic hydroxyl groups is 1. The third-order valence-corrected chi connectivity index (χ3v) is 3.46. The molecule has 4 heteroatoms. The second-order valence-corrected chi connectivity index (χ2v) is 4.90. The summed E-state index contributed by atoms with van der Waals surface area (Å²) in [4.78, 5) is 0. The van der Waals surface area contributed by atoms with E-state index in [1.54, 1.807) is 6.07 Å². The summed E-state index contributed by atoms with van der Waals surface area (Å²) < 4.78 is 36.3. The van der Waals surface area contributed by atoms with Crippen molar-refractivity contribution < 1.29 is 18.3 Å².